The number of rotatable bonds is 7. The van der Waals surface area contributed by atoms with Gasteiger partial charge in [-0.25, -0.2) is 4.79 Å². The Balaban J connectivity index is 2.35. The third-order valence-corrected chi connectivity index (χ3v) is 5.00. The van der Waals surface area contributed by atoms with E-state index in [9.17, 15) is 9.59 Å². The van der Waals surface area contributed by atoms with Gasteiger partial charge in [0.2, 0.25) is 0 Å². The Kier molecular flexibility index (Phi) is 7.89. The van der Waals surface area contributed by atoms with Crippen LogP contribution in [0.1, 0.15) is 28.7 Å². The number of amides is 1. The summed E-state index contributed by atoms with van der Waals surface area (Å²) < 4.78 is 4.96. The average Bonchev–Trinajstić information content (AvgIpc) is 2.91. The van der Waals surface area contributed by atoms with E-state index in [-0.39, 0.29) is 23.2 Å². The van der Waals surface area contributed by atoms with Crippen molar-refractivity contribution in [3.8, 4) is 0 Å². The number of fused-ring (bicyclic) bond motifs is 1. The van der Waals surface area contributed by atoms with Gasteiger partial charge in [-0.15, -0.1) is 25.3 Å². The summed E-state index contributed by atoms with van der Waals surface area (Å²) in [5.74, 6) is -0.480. The SMILES string of the molecule is CCOC(=O)c1c2c(nn1N(C)CCNC(S)S)CC(S)N(C(=O)S)C2. The maximum atomic E-state index is 12.6. The number of carbonyl (C=O) groups excluding carboxylic acids is 2. The van der Waals surface area contributed by atoms with Gasteiger partial charge in [0.25, 0.3) is 5.24 Å². The molecule has 1 N–H and O–H groups in total. The Morgan fingerprint density at radius 3 is 2.73 bits per heavy atom. The number of hydrogen-bond acceptors (Lipinski definition) is 9. The van der Waals surface area contributed by atoms with Crippen molar-refractivity contribution in [2.24, 2.45) is 0 Å². The summed E-state index contributed by atoms with van der Waals surface area (Å²) in [5, 5.41) is 8.68. The molecule has 0 bridgehead atoms. The normalized spacial score (nSPS) is 16.6. The Morgan fingerprint density at radius 2 is 2.15 bits per heavy atom. The van der Waals surface area contributed by atoms with Crippen molar-refractivity contribution >= 4 is 61.7 Å². The van der Waals surface area contributed by atoms with Crippen LogP contribution >= 0.6 is 50.5 Å². The van der Waals surface area contributed by atoms with E-state index in [0.717, 1.165) is 5.69 Å². The molecule has 0 aliphatic carbocycles. The largest absolute Gasteiger partial charge is 0.461 e. The molecule has 1 unspecified atom stereocenters. The van der Waals surface area contributed by atoms with Crippen molar-refractivity contribution < 1.29 is 14.3 Å². The van der Waals surface area contributed by atoms with Crippen LogP contribution in [0.15, 0.2) is 0 Å². The van der Waals surface area contributed by atoms with Crippen LogP contribution in [0.3, 0.4) is 0 Å². The predicted octanol–water partition coefficient (Wildman–Crippen LogP) is 1.02. The fraction of sp³-hybridized carbons (Fsp3) is 0.643. The number of nitrogens with zero attached hydrogens (tertiary/aromatic N) is 4. The molecule has 1 atom stereocenters. The molecule has 1 aromatic rings. The van der Waals surface area contributed by atoms with Crippen LogP contribution in [0.2, 0.25) is 0 Å². The van der Waals surface area contributed by atoms with Gasteiger partial charge in [0.05, 0.1) is 28.9 Å². The third-order valence-electron chi connectivity index (χ3n) is 3.91. The van der Waals surface area contributed by atoms with Crippen molar-refractivity contribution in [1.82, 2.24) is 20.1 Å². The van der Waals surface area contributed by atoms with Crippen LogP contribution in [-0.2, 0) is 17.7 Å². The molecular formula is C14H23N5O3S4. The third kappa shape index (κ3) is 4.97. The zero-order valence-corrected chi connectivity index (χ0v) is 18.1. The van der Waals surface area contributed by atoms with Gasteiger partial charge in [0, 0.05) is 32.1 Å². The highest BCUT2D eigenvalue weighted by atomic mass is 32.2. The molecule has 1 aliphatic rings. The number of ether oxygens (including phenoxy) is 1. The second kappa shape index (κ2) is 9.49. The molecule has 0 aromatic carbocycles. The van der Waals surface area contributed by atoms with Gasteiger partial charge in [-0.05, 0) is 6.92 Å². The van der Waals surface area contributed by atoms with Crippen molar-refractivity contribution in [3.05, 3.63) is 17.0 Å². The van der Waals surface area contributed by atoms with Crippen molar-refractivity contribution in [1.29, 1.82) is 0 Å². The standard InChI is InChI=1S/C14H23N5O3S4/c1-3-22-12(20)11-8-7-18(14(21)26)10(23)6-9(8)16-19(11)17(2)5-4-15-13(24)25/h10,13,15,23-25H,3-7H2,1-2H3,(H,21,26). The Morgan fingerprint density at radius 1 is 1.46 bits per heavy atom. The maximum Gasteiger partial charge on any atom is 0.359 e. The minimum Gasteiger partial charge on any atom is -0.461 e. The first kappa shape index (κ1) is 21.6. The number of likely N-dealkylation sites (N-methyl/N-ethyl adjacent to an activating group) is 1. The van der Waals surface area contributed by atoms with Crippen LogP contribution in [0.4, 0.5) is 4.79 Å². The quantitative estimate of drug-likeness (QED) is 0.249. The molecule has 2 rings (SSSR count). The number of thiol groups is 4. The fourth-order valence-electron chi connectivity index (χ4n) is 2.67. The van der Waals surface area contributed by atoms with E-state index in [2.05, 4.69) is 60.9 Å². The lowest BCUT2D eigenvalue weighted by atomic mass is 10.1. The van der Waals surface area contributed by atoms with E-state index >= 15 is 0 Å². The average molecular weight is 438 g/mol. The smallest absolute Gasteiger partial charge is 0.359 e. The molecule has 2 heterocycles. The summed E-state index contributed by atoms with van der Waals surface area (Å²) in [6.45, 7) is 3.35. The summed E-state index contributed by atoms with van der Waals surface area (Å²) in [6.07, 6.45) is 0.422. The van der Waals surface area contributed by atoms with Crippen LogP contribution in [0, 0.1) is 0 Å². The van der Waals surface area contributed by atoms with E-state index < -0.39 is 11.2 Å². The first-order valence-corrected chi connectivity index (χ1v) is 10.0. The lowest BCUT2D eigenvalue weighted by Crippen LogP contribution is -2.40. The van der Waals surface area contributed by atoms with Gasteiger partial charge in [0.15, 0.2) is 5.69 Å². The molecule has 0 saturated heterocycles. The van der Waals surface area contributed by atoms with E-state index in [1.165, 1.54) is 9.69 Å². The minimum atomic E-state index is -0.480. The molecule has 8 nitrogen and oxygen atoms in total. The molecule has 1 aliphatic heterocycles. The molecule has 0 fully saturated rings. The van der Waals surface area contributed by atoms with E-state index in [1.807, 2.05) is 7.05 Å². The lowest BCUT2D eigenvalue weighted by molar-refractivity contribution is 0.0509. The number of nitrogens with one attached hydrogen (secondary N) is 1. The predicted molar refractivity (Wildman–Crippen MR) is 113 cm³/mol. The highest BCUT2D eigenvalue weighted by molar-refractivity contribution is 7.99. The molecule has 146 valence electrons. The van der Waals surface area contributed by atoms with Crippen LogP contribution in [-0.4, -0.2) is 62.8 Å². The maximum absolute atomic E-state index is 12.6. The second-order valence-corrected chi connectivity index (χ2v) is 8.11. The summed E-state index contributed by atoms with van der Waals surface area (Å²) in [5.41, 5.74) is 1.70. The topological polar surface area (TPSA) is 79.7 Å². The zero-order valence-electron chi connectivity index (χ0n) is 14.5. The monoisotopic (exact) mass is 437 g/mol. The number of hydrogen-bond donors (Lipinski definition) is 5. The van der Waals surface area contributed by atoms with Crippen molar-refractivity contribution in [3.63, 3.8) is 0 Å². The lowest BCUT2D eigenvalue weighted by Gasteiger charge is -2.30. The van der Waals surface area contributed by atoms with Crippen LogP contribution in [0.25, 0.3) is 0 Å². The van der Waals surface area contributed by atoms with Crippen molar-refractivity contribution in [2.75, 3.05) is 31.8 Å². The van der Waals surface area contributed by atoms with Crippen LogP contribution < -0.4 is 10.3 Å². The van der Waals surface area contributed by atoms with Crippen molar-refractivity contribution in [2.45, 2.75) is 30.0 Å². The first-order valence-electron chi connectivity index (χ1n) is 8.02. The molecular weight excluding hydrogens is 414 g/mol. The summed E-state index contributed by atoms with van der Waals surface area (Å²) in [7, 11) is 1.81. The summed E-state index contributed by atoms with van der Waals surface area (Å²) in [6, 6.07) is 0. The number of carbonyl (C=O) groups is 2. The fourth-order valence-corrected chi connectivity index (χ4v) is 3.59. The Labute approximate surface area is 174 Å². The van der Waals surface area contributed by atoms with Gasteiger partial charge >= 0.3 is 5.97 Å². The van der Waals surface area contributed by atoms with Gasteiger partial charge in [-0.2, -0.15) is 22.5 Å². The molecule has 0 spiro atoms. The Bertz CT molecular complexity index is 669. The molecule has 0 saturated carbocycles. The van der Waals surface area contributed by atoms with E-state index in [0.29, 0.717) is 30.8 Å². The minimum absolute atomic E-state index is 0.210. The highest BCUT2D eigenvalue weighted by Crippen LogP contribution is 2.29. The zero-order chi connectivity index (χ0) is 19.4. The second-order valence-electron chi connectivity index (χ2n) is 5.69. The number of aromatic nitrogens is 2. The van der Waals surface area contributed by atoms with Gasteiger partial charge < -0.3 is 9.64 Å². The summed E-state index contributed by atoms with van der Waals surface area (Å²) in [4.78, 5) is 27.3. The molecule has 12 heteroatoms. The highest BCUT2D eigenvalue weighted by Gasteiger charge is 2.35. The summed E-state index contributed by atoms with van der Waals surface area (Å²) >= 11 is 16.6. The van der Waals surface area contributed by atoms with E-state index in [4.69, 9.17) is 4.74 Å². The van der Waals surface area contributed by atoms with Crippen LogP contribution in [0.5, 0.6) is 0 Å². The molecule has 1 amide bonds. The van der Waals surface area contributed by atoms with Gasteiger partial charge in [0.1, 0.15) is 0 Å². The molecule has 1 aromatic heterocycles. The molecule has 0 radical (unpaired) electrons. The Hall–Kier alpha value is -0.690. The van der Waals surface area contributed by atoms with E-state index in [1.54, 1.807) is 11.9 Å². The van der Waals surface area contributed by atoms with Gasteiger partial charge in [-0.1, -0.05) is 12.6 Å². The molecule has 26 heavy (non-hydrogen) atoms. The van der Waals surface area contributed by atoms with Gasteiger partial charge in [-0.3, -0.25) is 15.1 Å². The number of esters is 1. The first-order chi connectivity index (χ1) is 12.3.